The lowest BCUT2D eigenvalue weighted by molar-refractivity contribution is 0.375. The maximum absolute atomic E-state index is 5.56. The summed E-state index contributed by atoms with van der Waals surface area (Å²) in [6.07, 6.45) is 2.11. The molecule has 0 aromatic heterocycles. The standard InChI is InChI=1S/C14H15NS2/c1-14(2)7-10-13(11(16)8-14)17-12-6-4-3-5-9(12)15-10/h3-6,15H,7-8H2,1-2H3. The van der Waals surface area contributed by atoms with Gasteiger partial charge in [-0.05, 0) is 30.4 Å². The second-order valence-electron chi connectivity index (χ2n) is 5.47. The van der Waals surface area contributed by atoms with Gasteiger partial charge in [0.15, 0.2) is 0 Å². The van der Waals surface area contributed by atoms with Gasteiger partial charge in [0.25, 0.3) is 0 Å². The average molecular weight is 261 g/mol. The van der Waals surface area contributed by atoms with Crippen molar-refractivity contribution in [2.75, 3.05) is 5.32 Å². The Bertz CT molecular complexity index is 529. The van der Waals surface area contributed by atoms with E-state index in [9.17, 15) is 0 Å². The van der Waals surface area contributed by atoms with E-state index in [0.29, 0.717) is 0 Å². The maximum atomic E-state index is 5.56. The van der Waals surface area contributed by atoms with Crippen molar-refractivity contribution in [1.82, 2.24) is 0 Å². The zero-order valence-electron chi connectivity index (χ0n) is 10.0. The minimum atomic E-state index is 0.287. The zero-order valence-corrected chi connectivity index (χ0v) is 11.7. The number of thiocarbonyl (C=S) groups is 1. The van der Waals surface area contributed by atoms with Gasteiger partial charge in [-0.25, -0.2) is 0 Å². The SMILES string of the molecule is CC1(C)CC(=S)C2=C(C1)Nc1ccccc1S2. The Labute approximate surface area is 112 Å². The molecule has 1 heterocycles. The summed E-state index contributed by atoms with van der Waals surface area (Å²) in [7, 11) is 0. The highest BCUT2D eigenvalue weighted by Gasteiger charge is 2.33. The zero-order chi connectivity index (χ0) is 12.0. The van der Waals surface area contributed by atoms with Crippen LogP contribution in [0.3, 0.4) is 0 Å². The first-order valence-corrected chi connectivity index (χ1v) is 7.08. The molecule has 1 N–H and O–H groups in total. The molecule has 0 spiro atoms. The monoisotopic (exact) mass is 261 g/mol. The van der Waals surface area contributed by atoms with Crippen LogP contribution in [-0.2, 0) is 0 Å². The Balaban J connectivity index is 2.02. The minimum Gasteiger partial charge on any atom is -0.357 e. The lowest BCUT2D eigenvalue weighted by Gasteiger charge is -2.36. The maximum Gasteiger partial charge on any atom is 0.0523 e. The second kappa shape index (κ2) is 3.85. The lowest BCUT2D eigenvalue weighted by atomic mass is 9.79. The molecule has 1 nitrogen and oxygen atoms in total. The highest BCUT2D eigenvalue weighted by atomic mass is 32.2. The highest BCUT2D eigenvalue weighted by Crippen LogP contribution is 2.48. The third-order valence-corrected chi connectivity index (χ3v) is 4.96. The second-order valence-corrected chi connectivity index (χ2v) is 7.02. The van der Waals surface area contributed by atoms with Gasteiger partial charge in [-0.1, -0.05) is 50.0 Å². The molecular formula is C14H15NS2. The third-order valence-electron chi connectivity index (χ3n) is 3.21. The first-order chi connectivity index (χ1) is 8.05. The molecule has 0 radical (unpaired) electrons. The van der Waals surface area contributed by atoms with E-state index < -0.39 is 0 Å². The van der Waals surface area contributed by atoms with Gasteiger partial charge in [0.2, 0.25) is 0 Å². The summed E-state index contributed by atoms with van der Waals surface area (Å²) in [6.45, 7) is 4.58. The van der Waals surface area contributed by atoms with Crippen LogP contribution in [0.5, 0.6) is 0 Å². The van der Waals surface area contributed by atoms with Crippen LogP contribution in [0.1, 0.15) is 26.7 Å². The van der Waals surface area contributed by atoms with Crippen LogP contribution >= 0.6 is 24.0 Å². The molecule has 0 fully saturated rings. The van der Waals surface area contributed by atoms with Crippen LogP contribution in [-0.4, -0.2) is 4.86 Å². The first-order valence-electron chi connectivity index (χ1n) is 5.85. The molecule has 2 aliphatic rings. The number of hydrogen-bond acceptors (Lipinski definition) is 3. The Morgan fingerprint density at radius 1 is 1.24 bits per heavy atom. The van der Waals surface area contributed by atoms with Gasteiger partial charge in [-0.3, -0.25) is 0 Å². The Kier molecular flexibility index (Phi) is 2.56. The molecule has 0 amide bonds. The highest BCUT2D eigenvalue weighted by molar-refractivity contribution is 8.05. The van der Waals surface area contributed by atoms with E-state index >= 15 is 0 Å². The van der Waals surface area contributed by atoms with Crippen LogP contribution in [0.2, 0.25) is 0 Å². The molecule has 1 aromatic rings. The molecule has 0 saturated heterocycles. The fraction of sp³-hybridized carbons (Fsp3) is 0.357. The summed E-state index contributed by atoms with van der Waals surface area (Å²) in [5, 5.41) is 3.56. The third kappa shape index (κ3) is 2.02. The molecule has 0 saturated carbocycles. The van der Waals surface area contributed by atoms with E-state index in [1.54, 1.807) is 0 Å². The fourth-order valence-corrected chi connectivity index (χ4v) is 4.12. The van der Waals surface area contributed by atoms with Gasteiger partial charge in [-0.2, -0.15) is 0 Å². The molecule has 0 unspecified atom stereocenters. The molecule has 88 valence electrons. The summed E-state index contributed by atoms with van der Waals surface area (Å²) in [5.41, 5.74) is 2.82. The molecular weight excluding hydrogens is 246 g/mol. The van der Waals surface area contributed by atoms with Crippen molar-refractivity contribution >= 4 is 34.5 Å². The minimum absolute atomic E-state index is 0.287. The summed E-state index contributed by atoms with van der Waals surface area (Å²) in [5.74, 6) is 0. The molecule has 1 aliphatic carbocycles. The summed E-state index contributed by atoms with van der Waals surface area (Å²) >= 11 is 7.39. The van der Waals surface area contributed by atoms with Gasteiger partial charge in [0, 0.05) is 20.4 Å². The van der Waals surface area contributed by atoms with E-state index in [2.05, 4.69) is 43.4 Å². The number of hydrogen-bond donors (Lipinski definition) is 1. The van der Waals surface area contributed by atoms with Crippen LogP contribution in [0, 0.1) is 5.41 Å². The molecule has 1 aromatic carbocycles. The van der Waals surface area contributed by atoms with Gasteiger partial charge in [0.05, 0.1) is 5.69 Å². The lowest BCUT2D eigenvalue weighted by Crippen LogP contribution is -2.28. The topological polar surface area (TPSA) is 12.0 Å². The van der Waals surface area contributed by atoms with E-state index in [1.165, 1.54) is 21.2 Å². The number of para-hydroxylation sites is 1. The fourth-order valence-electron chi connectivity index (χ4n) is 2.46. The summed E-state index contributed by atoms with van der Waals surface area (Å²) in [4.78, 5) is 3.69. The van der Waals surface area contributed by atoms with Crippen molar-refractivity contribution in [1.29, 1.82) is 0 Å². The molecule has 0 bridgehead atoms. The Morgan fingerprint density at radius 2 is 2.00 bits per heavy atom. The summed E-state index contributed by atoms with van der Waals surface area (Å²) in [6, 6.07) is 8.44. The molecule has 3 heteroatoms. The molecule has 3 rings (SSSR count). The Morgan fingerprint density at radius 3 is 2.82 bits per heavy atom. The Hall–Kier alpha value is -0.800. The number of nitrogens with one attached hydrogen (secondary N) is 1. The number of anilines is 1. The van der Waals surface area contributed by atoms with E-state index in [1.807, 2.05) is 11.8 Å². The average Bonchev–Trinajstić information content (AvgIpc) is 2.25. The predicted molar refractivity (Wildman–Crippen MR) is 78.6 cm³/mol. The summed E-state index contributed by atoms with van der Waals surface area (Å²) < 4.78 is 0. The molecule has 0 atom stereocenters. The normalized spacial score (nSPS) is 21.6. The van der Waals surface area contributed by atoms with Crippen molar-refractivity contribution in [3.05, 3.63) is 34.9 Å². The van der Waals surface area contributed by atoms with Crippen molar-refractivity contribution in [2.45, 2.75) is 31.6 Å². The first kappa shape index (κ1) is 11.3. The van der Waals surface area contributed by atoms with E-state index in [0.717, 1.165) is 17.7 Å². The van der Waals surface area contributed by atoms with E-state index in [4.69, 9.17) is 12.2 Å². The van der Waals surface area contributed by atoms with Crippen molar-refractivity contribution in [2.24, 2.45) is 5.41 Å². The molecule has 17 heavy (non-hydrogen) atoms. The predicted octanol–water partition coefficient (Wildman–Crippen LogP) is 4.61. The van der Waals surface area contributed by atoms with Crippen LogP contribution < -0.4 is 5.32 Å². The van der Waals surface area contributed by atoms with Gasteiger partial charge < -0.3 is 5.32 Å². The van der Waals surface area contributed by atoms with Crippen LogP contribution in [0.4, 0.5) is 5.69 Å². The van der Waals surface area contributed by atoms with Crippen LogP contribution in [0.15, 0.2) is 39.8 Å². The largest absolute Gasteiger partial charge is 0.357 e. The van der Waals surface area contributed by atoms with Crippen molar-refractivity contribution < 1.29 is 0 Å². The van der Waals surface area contributed by atoms with Crippen molar-refractivity contribution in [3.63, 3.8) is 0 Å². The number of allylic oxidation sites excluding steroid dienone is 2. The van der Waals surface area contributed by atoms with Gasteiger partial charge >= 0.3 is 0 Å². The number of benzene rings is 1. The van der Waals surface area contributed by atoms with Crippen LogP contribution in [0.25, 0.3) is 0 Å². The smallest absolute Gasteiger partial charge is 0.0523 e. The van der Waals surface area contributed by atoms with E-state index in [-0.39, 0.29) is 5.41 Å². The quantitative estimate of drug-likeness (QED) is 0.685. The number of fused-ring (bicyclic) bond motifs is 1. The van der Waals surface area contributed by atoms with Gasteiger partial charge in [0.1, 0.15) is 0 Å². The van der Waals surface area contributed by atoms with Gasteiger partial charge in [-0.15, -0.1) is 0 Å². The number of thioether (sulfide) groups is 1. The number of rotatable bonds is 0. The van der Waals surface area contributed by atoms with Crippen molar-refractivity contribution in [3.8, 4) is 0 Å². The molecule has 1 aliphatic heterocycles.